The van der Waals surface area contributed by atoms with Gasteiger partial charge in [-0.2, -0.15) is 0 Å². The van der Waals surface area contributed by atoms with Gasteiger partial charge in [0.05, 0.1) is 12.5 Å². The van der Waals surface area contributed by atoms with Gasteiger partial charge in [-0.15, -0.1) is 11.3 Å². The van der Waals surface area contributed by atoms with E-state index >= 15 is 0 Å². The summed E-state index contributed by atoms with van der Waals surface area (Å²) in [5.41, 5.74) is 0.766. The largest absolute Gasteiger partial charge is 0.388 e. The average Bonchev–Trinajstić information content (AvgIpc) is 2.95. The second-order valence-corrected chi connectivity index (χ2v) is 5.45. The lowest BCUT2D eigenvalue weighted by atomic mass is 10.1. The normalized spacial score (nSPS) is 12.1. The number of hydrogen-bond donors (Lipinski definition) is 2. The summed E-state index contributed by atoms with van der Waals surface area (Å²) in [6, 6.07) is 9.61. The van der Waals surface area contributed by atoms with Crippen molar-refractivity contribution in [3.05, 3.63) is 58.0 Å². The lowest BCUT2D eigenvalue weighted by Crippen LogP contribution is -2.27. The van der Waals surface area contributed by atoms with Crippen LogP contribution in [-0.4, -0.2) is 17.6 Å². The molecule has 1 aromatic heterocycles. The molecule has 0 aliphatic heterocycles. The molecule has 2 aromatic rings. The second kappa shape index (κ2) is 7.17. The van der Waals surface area contributed by atoms with Gasteiger partial charge >= 0.3 is 0 Å². The Balaban J connectivity index is 1.71. The minimum absolute atomic E-state index is 0.130. The molecule has 0 fully saturated rings. The summed E-state index contributed by atoms with van der Waals surface area (Å²) in [7, 11) is 0. The van der Waals surface area contributed by atoms with Crippen molar-refractivity contribution in [1.82, 2.24) is 5.32 Å². The second-order valence-electron chi connectivity index (χ2n) is 4.47. The standard InChI is InChI=1S/C15H16FNO2S/c16-12-5-3-11(4-6-12)10-15(19)17-8-7-13(18)14-2-1-9-20-14/h1-6,9,13,18H,7-8,10H2,(H,17,19). The van der Waals surface area contributed by atoms with Crippen LogP contribution >= 0.6 is 11.3 Å². The first kappa shape index (κ1) is 14.7. The smallest absolute Gasteiger partial charge is 0.224 e. The molecule has 1 amide bonds. The van der Waals surface area contributed by atoms with Crippen LogP contribution in [0.25, 0.3) is 0 Å². The summed E-state index contributed by atoms with van der Waals surface area (Å²) in [6.07, 6.45) is 0.159. The molecule has 1 aromatic carbocycles. The molecule has 1 heterocycles. The van der Waals surface area contributed by atoms with E-state index in [-0.39, 0.29) is 18.1 Å². The Morgan fingerprint density at radius 3 is 2.70 bits per heavy atom. The Kier molecular flexibility index (Phi) is 5.26. The van der Waals surface area contributed by atoms with Crippen molar-refractivity contribution in [2.24, 2.45) is 0 Å². The van der Waals surface area contributed by atoms with Crippen molar-refractivity contribution in [2.45, 2.75) is 18.9 Å². The van der Waals surface area contributed by atoms with E-state index in [0.29, 0.717) is 13.0 Å². The molecule has 0 radical (unpaired) electrons. The van der Waals surface area contributed by atoms with Crippen LogP contribution in [0, 0.1) is 5.82 Å². The predicted molar refractivity (Wildman–Crippen MR) is 77.0 cm³/mol. The van der Waals surface area contributed by atoms with E-state index in [4.69, 9.17) is 0 Å². The molecule has 1 atom stereocenters. The Morgan fingerprint density at radius 1 is 1.30 bits per heavy atom. The molecular formula is C15H16FNO2S. The molecule has 0 spiro atoms. The molecule has 0 saturated heterocycles. The van der Waals surface area contributed by atoms with Crippen LogP contribution in [-0.2, 0) is 11.2 Å². The number of halogens is 1. The fraction of sp³-hybridized carbons (Fsp3) is 0.267. The molecule has 20 heavy (non-hydrogen) atoms. The zero-order chi connectivity index (χ0) is 14.4. The van der Waals surface area contributed by atoms with Crippen LogP contribution in [0.1, 0.15) is 23.0 Å². The van der Waals surface area contributed by atoms with Crippen molar-refractivity contribution in [2.75, 3.05) is 6.54 Å². The van der Waals surface area contributed by atoms with Gasteiger partial charge < -0.3 is 10.4 Å². The zero-order valence-corrected chi connectivity index (χ0v) is 11.7. The zero-order valence-electron chi connectivity index (χ0n) is 10.9. The van der Waals surface area contributed by atoms with E-state index in [1.165, 1.54) is 23.5 Å². The molecular weight excluding hydrogens is 277 g/mol. The molecule has 0 aliphatic rings. The number of aliphatic hydroxyl groups is 1. The van der Waals surface area contributed by atoms with Crippen LogP contribution in [0.5, 0.6) is 0 Å². The van der Waals surface area contributed by atoms with E-state index in [1.807, 2.05) is 17.5 Å². The van der Waals surface area contributed by atoms with Gasteiger partial charge in [-0.1, -0.05) is 18.2 Å². The molecule has 2 rings (SSSR count). The van der Waals surface area contributed by atoms with Gasteiger partial charge in [-0.3, -0.25) is 4.79 Å². The number of thiophene rings is 1. The number of carbonyl (C=O) groups excluding carboxylic acids is 1. The minimum Gasteiger partial charge on any atom is -0.388 e. The van der Waals surface area contributed by atoms with E-state index in [2.05, 4.69) is 5.32 Å². The number of aliphatic hydroxyl groups excluding tert-OH is 1. The van der Waals surface area contributed by atoms with Gasteiger partial charge in [0.15, 0.2) is 0 Å². The lowest BCUT2D eigenvalue weighted by molar-refractivity contribution is -0.120. The molecule has 0 saturated carbocycles. The van der Waals surface area contributed by atoms with Crippen LogP contribution in [0.15, 0.2) is 41.8 Å². The van der Waals surface area contributed by atoms with Crippen molar-refractivity contribution in [1.29, 1.82) is 0 Å². The highest BCUT2D eigenvalue weighted by Crippen LogP contribution is 2.20. The van der Waals surface area contributed by atoms with Gasteiger partial charge in [0.2, 0.25) is 5.91 Å². The van der Waals surface area contributed by atoms with Crippen LogP contribution < -0.4 is 5.32 Å². The monoisotopic (exact) mass is 293 g/mol. The number of benzene rings is 1. The molecule has 5 heteroatoms. The van der Waals surface area contributed by atoms with E-state index in [0.717, 1.165) is 10.4 Å². The van der Waals surface area contributed by atoms with E-state index in [1.54, 1.807) is 12.1 Å². The molecule has 106 valence electrons. The van der Waals surface area contributed by atoms with Gasteiger partial charge in [-0.05, 0) is 35.6 Å². The predicted octanol–water partition coefficient (Wildman–Crippen LogP) is 2.67. The maximum absolute atomic E-state index is 12.7. The number of rotatable bonds is 6. The summed E-state index contributed by atoms with van der Waals surface area (Å²) in [4.78, 5) is 12.6. The SMILES string of the molecule is O=C(Cc1ccc(F)cc1)NCCC(O)c1cccs1. The van der Waals surface area contributed by atoms with Gasteiger partial charge in [0, 0.05) is 11.4 Å². The summed E-state index contributed by atoms with van der Waals surface area (Å²) in [6.45, 7) is 0.416. The quantitative estimate of drug-likeness (QED) is 0.860. The van der Waals surface area contributed by atoms with E-state index < -0.39 is 6.10 Å². The first-order valence-electron chi connectivity index (χ1n) is 6.38. The fourth-order valence-corrected chi connectivity index (χ4v) is 2.57. The third kappa shape index (κ3) is 4.43. The highest BCUT2D eigenvalue weighted by atomic mass is 32.1. The summed E-state index contributed by atoms with van der Waals surface area (Å²) in [5, 5.41) is 14.5. The Hall–Kier alpha value is -1.72. The molecule has 2 N–H and O–H groups in total. The maximum atomic E-state index is 12.7. The molecule has 1 unspecified atom stereocenters. The van der Waals surface area contributed by atoms with Gasteiger partial charge in [0.1, 0.15) is 5.82 Å². The molecule has 0 bridgehead atoms. The highest BCUT2D eigenvalue weighted by molar-refractivity contribution is 7.10. The Morgan fingerprint density at radius 2 is 2.05 bits per heavy atom. The lowest BCUT2D eigenvalue weighted by Gasteiger charge is -2.09. The van der Waals surface area contributed by atoms with Crippen LogP contribution in [0.4, 0.5) is 4.39 Å². The van der Waals surface area contributed by atoms with Gasteiger partial charge in [-0.25, -0.2) is 4.39 Å². The summed E-state index contributed by atoms with van der Waals surface area (Å²) >= 11 is 1.50. The first-order valence-corrected chi connectivity index (χ1v) is 7.26. The minimum atomic E-state index is -0.541. The van der Waals surface area contributed by atoms with Crippen molar-refractivity contribution < 1.29 is 14.3 Å². The van der Waals surface area contributed by atoms with Crippen LogP contribution in [0.2, 0.25) is 0 Å². The third-order valence-corrected chi connectivity index (χ3v) is 3.86. The molecule has 3 nitrogen and oxygen atoms in total. The van der Waals surface area contributed by atoms with Crippen LogP contribution in [0.3, 0.4) is 0 Å². The van der Waals surface area contributed by atoms with Gasteiger partial charge in [0.25, 0.3) is 0 Å². The Bertz CT molecular complexity index is 540. The van der Waals surface area contributed by atoms with Crippen molar-refractivity contribution in [3.63, 3.8) is 0 Å². The summed E-state index contributed by atoms with van der Waals surface area (Å²) < 4.78 is 12.7. The first-order chi connectivity index (χ1) is 9.65. The highest BCUT2D eigenvalue weighted by Gasteiger charge is 2.09. The summed E-state index contributed by atoms with van der Waals surface area (Å²) in [5.74, 6) is -0.441. The average molecular weight is 293 g/mol. The Labute approximate surface area is 121 Å². The third-order valence-electron chi connectivity index (χ3n) is 2.89. The molecule has 0 aliphatic carbocycles. The topological polar surface area (TPSA) is 49.3 Å². The van der Waals surface area contributed by atoms with E-state index in [9.17, 15) is 14.3 Å². The fourth-order valence-electron chi connectivity index (χ4n) is 1.82. The van der Waals surface area contributed by atoms with Crippen molar-refractivity contribution >= 4 is 17.2 Å². The maximum Gasteiger partial charge on any atom is 0.224 e. The van der Waals surface area contributed by atoms with Crippen molar-refractivity contribution in [3.8, 4) is 0 Å². The number of amides is 1. The number of nitrogens with one attached hydrogen (secondary N) is 1. The number of hydrogen-bond acceptors (Lipinski definition) is 3. The number of carbonyl (C=O) groups is 1.